The molecule has 0 amide bonds. The summed E-state index contributed by atoms with van der Waals surface area (Å²) in [5, 5.41) is 22.9. The highest BCUT2D eigenvalue weighted by molar-refractivity contribution is 6.15. The fourth-order valence-electron chi connectivity index (χ4n) is 14.3. The number of hydrogen-bond acceptors (Lipinski definition) is 18. The number of aliphatic hydroxyl groups excluding tert-OH is 2. The Balaban J connectivity index is 0.000000178. The molecule has 2 saturated carbocycles. The van der Waals surface area contributed by atoms with Gasteiger partial charge in [0.1, 0.15) is 36.0 Å². The van der Waals surface area contributed by atoms with Crippen LogP contribution in [0.1, 0.15) is 106 Å². The van der Waals surface area contributed by atoms with Crippen molar-refractivity contribution >= 4 is 47.0 Å². The van der Waals surface area contributed by atoms with Crippen LogP contribution < -0.4 is 0 Å². The lowest BCUT2D eigenvalue weighted by Gasteiger charge is -2.53. The largest absolute Gasteiger partial charge is 0.504 e. The van der Waals surface area contributed by atoms with Crippen LogP contribution in [0.2, 0.25) is 0 Å². The molecule has 4 saturated heterocycles. The smallest absolute Gasteiger partial charge is 0.340 e. The summed E-state index contributed by atoms with van der Waals surface area (Å²) in [7, 11) is 2.97. The minimum atomic E-state index is -1.20. The summed E-state index contributed by atoms with van der Waals surface area (Å²) in [6, 6.07) is 0. The van der Waals surface area contributed by atoms with E-state index in [1.807, 2.05) is 37.5 Å². The third-order valence-corrected chi connectivity index (χ3v) is 17.7. The first kappa shape index (κ1) is 51.0. The van der Waals surface area contributed by atoms with Crippen molar-refractivity contribution in [3.05, 3.63) is 68.5 Å². The third kappa shape index (κ3) is 7.70. The molecule has 0 radical (unpaired) electrons. The molecule has 4 heterocycles. The van der Waals surface area contributed by atoms with Gasteiger partial charge < -0.3 is 48.4 Å². The van der Waals surface area contributed by atoms with Gasteiger partial charge in [0.2, 0.25) is 11.6 Å². The van der Waals surface area contributed by atoms with E-state index in [2.05, 4.69) is 0 Å². The summed E-state index contributed by atoms with van der Waals surface area (Å²) in [6.45, 7) is 12.9. The molecule has 6 aliphatic carbocycles. The Kier molecular flexibility index (Phi) is 13.2. The Morgan fingerprint density at radius 1 is 0.611 bits per heavy atom. The van der Waals surface area contributed by atoms with Crippen LogP contribution in [-0.4, -0.2) is 145 Å². The number of esters is 4. The molecule has 10 aliphatic rings. The van der Waals surface area contributed by atoms with Gasteiger partial charge in [0.25, 0.3) is 0 Å². The molecule has 0 bridgehead atoms. The zero-order valence-corrected chi connectivity index (χ0v) is 42.4. The molecule has 4 aliphatic heterocycles. The topological polar surface area (TPSA) is 239 Å². The van der Waals surface area contributed by atoms with Crippen LogP contribution in [0, 0.1) is 33.5 Å². The molecule has 6 fully saturated rings. The first-order valence-corrected chi connectivity index (χ1v) is 25.3. The number of rotatable bonds is 8. The van der Waals surface area contributed by atoms with E-state index >= 15 is 0 Å². The molecule has 388 valence electrons. The number of fused-ring (bicyclic) bond motifs is 8. The molecular weight excluding hydrogens is 933 g/mol. The van der Waals surface area contributed by atoms with Gasteiger partial charge in [0, 0.05) is 137 Å². The summed E-state index contributed by atoms with van der Waals surface area (Å²) >= 11 is 0. The fourth-order valence-corrected chi connectivity index (χ4v) is 14.3. The van der Waals surface area contributed by atoms with Crippen molar-refractivity contribution < 1.29 is 77.0 Å². The number of nitrogens with zero attached hydrogens (tertiary/aromatic N) is 2. The lowest BCUT2D eigenvalue weighted by atomic mass is 9.53. The average Bonchev–Trinajstić information content (AvgIpc) is 4.14. The highest BCUT2D eigenvalue weighted by Crippen LogP contribution is 2.64. The molecule has 0 aromatic heterocycles. The van der Waals surface area contributed by atoms with E-state index in [1.54, 1.807) is 12.4 Å². The summed E-state index contributed by atoms with van der Waals surface area (Å²) in [4.78, 5) is 109. The molecule has 18 nitrogen and oxygen atoms in total. The van der Waals surface area contributed by atoms with Crippen molar-refractivity contribution in [2.75, 3.05) is 53.6 Å². The summed E-state index contributed by atoms with van der Waals surface area (Å²) in [5.41, 5.74) is -1.92. The summed E-state index contributed by atoms with van der Waals surface area (Å²) in [6.07, 6.45) is 5.74. The summed E-state index contributed by atoms with van der Waals surface area (Å²) in [5.74, 6) is -5.42. The lowest BCUT2D eigenvalue weighted by molar-refractivity contribution is -0.160. The number of hydrogen-bond donors (Lipinski definition) is 2. The van der Waals surface area contributed by atoms with Crippen LogP contribution in [0.15, 0.2) is 68.5 Å². The maximum absolute atomic E-state index is 13.9. The van der Waals surface area contributed by atoms with Gasteiger partial charge in [-0.15, -0.1) is 0 Å². The summed E-state index contributed by atoms with van der Waals surface area (Å²) < 4.78 is 34.2. The molecule has 18 heteroatoms. The van der Waals surface area contributed by atoms with Gasteiger partial charge in [-0.25, -0.2) is 9.59 Å². The molecule has 2 N–H and O–H groups in total. The molecular formula is C54H66N2O16. The second kappa shape index (κ2) is 18.6. The third-order valence-electron chi connectivity index (χ3n) is 17.7. The van der Waals surface area contributed by atoms with E-state index in [-0.39, 0.29) is 59.9 Å². The number of carbonyl (C=O) groups is 8. The molecule has 72 heavy (non-hydrogen) atoms. The molecule has 0 spiro atoms. The number of allylic oxidation sites excluding steroid dienone is 2. The van der Waals surface area contributed by atoms with Crippen molar-refractivity contribution in [2.45, 2.75) is 130 Å². The maximum atomic E-state index is 13.9. The first-order chi connectivity index (χ1) is 34.1. The normalized spacial score (nSPS) is 37.2. The van der Waals surface area contributed by atoms with Gasteiger partial charge in [-0.05, 0) is 63.5 Å². The number of ketones is 4. The molecule has 0 aromatic carbocycles. The Morgan fingerprint density at radius 2 is 0.958 bits per heavy atom. The molecule has 0 aromatic rings. The zero-order valence-electron chi connectivity index (χ0n) is 42.4. The second-order valence-corrected chi connectivity index (χ2v) is 21.9. The molecule has 10 atom stereocenters. The van der Waals surface area contributed by atoms with Gasteiger partial charge in [-0.1, -0.05) is 13.8 Å². The number of carbonyl (C=O) groups excluding carboxylic acids is 8. The second-order valence-electron chi connectivity index (χ2n) is 21.9. The zero-order chi connectivity index (χ0) is 52.0. The van der Waals surface area contributed by atoms with Crippen LogP contribution in [0.5, 0.6) is 0 Å². The number of methoxy groups -OCH3 is 2. The van der Waals surface area contributed by atoms with E-state index < -0.39 is 105 Å². The van der Waals surface area contributed by atoms with Crippen LogP contribution in [-0.2, 0) is 66.8 Å². The van der Waals surface area contributed by atoms with E-state index in [4.69, 9.17) is 28.4 Å². The van der Waals surface area contributed by atoms with Crippen molar-refractivity contribution in [1.29, 1.82) is 0 Å². The van der Waals surface area contributed by atoms with Crippen molar-refractivity contribution in [2.24, 2.45) is 33.5 Å². The highest BCUT2D eigenvalue weighted by atomic mass is 16.6. The minimum absolute atomic E-state index is 0.00857. The van der Waals surface area contributed by atoms with Gasteiger partial charge in [-0.2, -0.15) is 0 Å². The van der Waals surface area contributed by atoms with Gasteiger partial charge in [0.05, 0.1) is 35.2 Å². The molecule has 6 unspecified atom stereocenters. The van der Waals surface area contributed by atoms with E-state index in [0.717, 1.165) is 51.9 Å². The van der Waals surface area contributed by atoms with Gasteiger partial charge in [-0.3, -0.25) is 28.8 Å². The van der Waals surface area contributed by atoms with Crippen LogP contribution >= 0.6 is 0 Å². The molecule has 10 rings (SSSR count). The van der Waals surface area contributed by atoms with Gasteiger partial charge in [0.15, 0.2) is 11.5 Å². The number of likely N-dealkylation sites (tertiary alicyclic amines) is 2. The van der Waals surface area contributed by atoms with Crippen LogP contribution in [0.3, 0.4) is 0 Å². The SMILES string of the molecule is COCC1OC(=O)/C(=C/N2CCCC2)C2=C(O)C(=O)C3=C(C(OC(C)=O)C[C@]4(C)C(=O)CCC34)[C@]21C.COCC1OC(=O)/C(=C\N2CCCC2)C2=C(O)C(=O)C3=C(C(OC(C)=O)C[C@]4(C)C(=O)CCC34)[C@]21C. The number of cyclic esters (lactones) is 2. The van der Waals surface area contributed by atoms with Crippen LogP contribution in [0.25, 0.3) is 0 Å². The number of aliphatic hydroxyl groups is 2. The Bertz CT molecular complexity index is 2460. The predicted octanol–water partition coefficient (Wildman–Crippen LogP) is 5.11. The van der Waals surface area contributed by atoms with E-state index in [0.29, 0.717) is 48.0 Å². The maximum Gasteiger partial charge on any atom is 0.340 e. The van der Waals surface area contributed by atoms with Crippen molar-refractivity contribution in [3.63, 3.8) is 0 Å². The Labute approximate surface area is 418 Å². The fraction of sp³-hybridized carbons (Fsp3) is 0.630. The lowest BCUT2D eigenvalue weighted by Crippen LogP contribution is -2.57. The van der Waals surface area contributed by atoms with Crippen molar-refractivity contribution in [1.82, 2.24) is 9.80 Å². The minimum Gasteiger partial charge on any atom is -0.504 e. The monoisotopic (exact) mass is 998 g/mol. The quantitative estimate of drug-likeness (QED) is 0.182. The number of ether oxygens (including phenoxy) is 6. The standard InChI is InChI=1S/2C27H33NO8/c2*1-14(29)35-17-11-26(2)16(7-8-18(26)30)20-22(17)27(3)19(13-34-4)36-25(33)15(12-28-9-5-6-10-28)21(27)24(32)23(20)31/h2*12,16-17,19,32H,5-11,13H2,1-4H3/b15-12+;15-12-/t2*16?,17?,19?,26-,27-/m00/s1. The predicted molar refractivity (Wildman–Crippen MR) is 253 cm³/mol. The average molecular weight is 999 g/mol. The van der Waals surface area contributed by atoms with Gasteiger partial charge >= 0.3 is 23.9 Å². The highest BCUT2D eigenvalue weighted by Gasteiger charge is 2.66. The Morgan fingerprint density at radius 3 is 1.28 bits per heavy atom. The van der Waals surface area contributed by atoms with Crippen molar-refractivity contribution in [3.8, 4) is 0 Å². The first-order valence-electron chi connectivity index (χ1n) is 25.3. The number of Topliss-reactive ketones (excluding diaryl/α,β-unsaturated/α-hetero) is 4. The van der Waals surface area contributed by atoms with Crippen LogP contribution in [0.4, 0.5) is 0 Å². The van der Waals surface area contributed by atoms with E-state index in [9.17, 15) is 48.6 Å². The van der Waals surface area contributed by atoms with E-state index in [1.165, 1.54) is 28.1 Å². The Hall–Kier alpha value is -5.88.